The Bertz CT molecular complexity index is 691. The number of fused-ring (bicyclic) bond motifs is 7. The number of carbonyl (C=O) groups is 1. The lowest BCUT2D eigenvalue weighted by Gasteiger charge is -2.49. The first-order chi connectivity index (χ1) is 10.4. The fourth-order valence-electron chi connectivity index (χ4n) is 6.15. The molecule has 0 bridgehead atoms. The lowest BCUT2D eigenvalue weighted by molar-refractivity contribution is -0.115. The van der Waals surface area contributed by atoms with Crippen LogP contribution >= 0.6 is 0 Å². The Kier molecular flexibility index (Phi) is 2.34. The van der Waals surface area contributed by atoms with E-state index >= 15 is 0 Å². The third-order valence-electron chi connectivity index (χ3n) is 7.94. The lowest BCUT2D eigenvalue weighted by atomic mass is 9.55. The molecule has 0 saturated heterocycles. The third-order valence-corrected chi connectivity index (χ3v) is 7.94. The minimum absolute atomic E-state index is 0.203. The Balaban J connectivity index is 1.71. The fraction of sp³-hybridized carbons (Fsp3) is 0.667. The highest BCUT2D eigenvalue weighted by molar-refractivity contribution is 5.92. The number of allylic oxidation sites excluding steroid dienone is 6. The largest absolute Gasteiger partial charge is 0.295 e. The molecule has 5 atom stereocenters. The quantitative estimate of drug-likeness (QED) is 0.615. The zero-order valence-corrected chi connectivity index (χ0v) is 14.0. The summed E-state index contributed by atoms with van der Waals surface area (Å²) in [4.78, 5) is 12.0. The van der Waals surface area contributed by atoms with Crippen molar-refractivity contribution in [3.05, 3.63) is 34.4 Å². The van der Waals surface area contributed by atoms with E-state index in [-0.39, 0.29) is 5.41 Å². The van der Waals surface area contributed by atoms with Crippen molar-refractivity contribution < 1.29 is 4.79 Å². The SMILES string of the molecule is CC1CC=C2C3=C(CCC21C)C1(C)CCC(=O)C=C1C1CC31. The van der Waals surface area contributed by atoms with Gasteiger partial charge in [-0.15, -0.1) is 0 Å². The molecule has 5 unspecified atom stereocenters. The molecule has 0 radical (unpaired) electrons. The predicted octanol–water partition coefficient (Wildman–Crippen LogP) is 4.99. The molecule has 1 saturated carbocycles. The van der Waals surface area contributed by atoms with Crippen molar-refractivity contribution in [2.45, 2.75) is 59.3 Å². The molecule has 1 nitrogen and oxygen atoms in total. The Hall–Kier alpha value is -1.11. The van der Waals surface area contributed by atoms with Gasteiger partial charge in [0.25, 0.3) is 0 Å². The topological polar surface area (TPSA) is 17.1 Å². The molecule has 5 aliphatic carbocycles. The van der Waals surface area contributed by atoms with Gasteiger partial charge in [-0.25, -0.2) is 0 Å². The Labute approximate surface area is 133 Å². The van der Waals surface area contributed by atoms with Crippen LogP contribution in [-0.4, -0.2) is 5.78 Å². The van der Waals surface area contributed by atoms with Crippen LogP contribution in [0.2, 0.25) is 0 Å². The molecule has 116 valence electrons. The normalized spacial score (nSPS) is 48.9. The van der Waals surface area contributed by atoms with Crippen LogP contribution in [0.4, 0.5) is 0 Å². The van der Waals surface area contributed by atoms with E-state index < -0.39 is 0 Å². The van der Waals surface area contributed by atoms with Crippen molar-refractivity contribution in [1.82, 2.24) is 0 Å². The van der Waals surface area contributed by atoms with Gasteiger partial charge in [0.15, 0.2) is 5.78 Å². The lowest BCUT2D eigenvalue weighted by Crippen LogP contribution is -2.38. The van der Waals surface area contributed by atoms with Gasteiger partial charge in [-0.1, -0.05) is 38.0 Å². The summed E-state index contributed by atoms with van der Waals surface area (Å²) in [6, 6.07) is 0. The molecule has 0 aromatic heterocycles. The van der Waals surface area contributed by atoms with Crippen molar-refractivity contribution in [3.63, 3.8) is 0 Å². The zero-order chi connectivity index (χ0) is 15.3. The minimum atomic E-state index is 0.203. The Morgan fingerprint density at radius 3 is 2.77 bits per heavy atom. The highest BCUT2D eigenvalue weighted by atomic mass is 16.1. The molecule has 5 rings (SSSR count). The maximum Gasteiger partial charge on any atom is 0.155 e. The van der Waals surface area contributed by atoms with E-state index in [4.69, 9.17) is 0 Å². The van der Waals surface area contributed by atoms with E-state index in [2.05, 4.69) is 26.8 Å². The summed E-state index contributed by atoms with van der Waals surface area (Å²) in [7, 11) is 0. The summed E-state index contributed by atoms with van der Waals surface area (Å²) < 4.78 is 0. The second kappa shape index (κ2) is 3.86. The molecule has 0 N–H and O–H groups in total. The van der Waals surface area contributed by atoms with Crippen molar-refractivity contribution in [3.8, 4) is 0 Å². The fourth-order valence-corrected chi connectivity index (χ4v) is 6.15. The summed E-state index contributed by atoms with van der Waals surface area (Å²) in [6.45, 7) is 7.39. The number of ketones is 1. The van der Waals surface area contributed by atoms with Crippen LogP contribution < -0.4 is 0 Å². The van der Waals surface area contributed by atoms with Crippen molar-refractivity contribution in [1.29, 1.82) is 0 Å². The van der Waals surface area contributed by atoms with E-state index in [1.54, 1.807) is 16.7 Å². The van der Waals surface area contributed by atoms with Gasteiger partial charge in [0.1, 0.15) is 0 Å². The van der Waals surface area contributed by atoms with Crippen LogP contribution in [0.3, 0.4) is 0 Å². The number of hydrogen-bond donors (Lipinski definition) is 0. The van der Waals surface area contributed by atoms with E-state index in [1.165, 1.54) is 31.3 Å². The summed E-state index contributed by atoms with van der Waals surface area (Å²) >= 11 is 0. The van der Waals surface area contributed by atoms with E-state index in [9.17, 15) is 4.79 Å². The molecule has 5 aliphatic rings. The van der Waals surface area contributed by atoms with E-state index in [1.807, 2.05) is 6.08 Å². The molecule has 0 spiro atoms. The molecule has 22 heavy (non-hydrogen) atoms. The van der Waals surface area contributed by atoms with Crippen LogP contribution in [0.1, 0.15) is 59.3 Å². The highest BCUT2D eigenvalue weighted by Gasteiger charge is 2.59. The number of carbonyl (C=O) groups excluding carboxylic acids is 1. The monoisotopic (exact) mass is 294 g/mol. The molecule has 0 amide bonds. The maximum absolute atomic E-state index is 12.0. The van der Waals surface area contributed by atoms with Gasteiger partial charge >= 0.3 is 0 Å². The summed E-state index contributed by atoms with van der Waals surface area (Å²) in [5.41, 5.74) is 7.33. The van der Waals surface area contributed by atoms with Crippen LogP contribution in [0, 0.1) is 28.6 Å². The average Bonchev–Trinajstić information content (AvgIpc) is 3.22. The Morgan fingerprint density at radius 1 is 1.14 bits per heavy atom. The standard InChI is InChI=1S/C21H26O/c1-12-4-5-16-19-15-11-14(15)18-10-13(22)6-8-21(18,3)17(19)7-9-20(12,16)2/h5,10,12,14-15H,4,6-9,11H2,1-3H3. The molecular weight excluding hydrogens is 268 g/mol. The molecule has 1 fully saturated rings. The number of hydrogen-bond acceptors (Lipinski definition) is 1. The van der Waals surface area contributed by atoms with Crippen LogP contribution in [0.15, 0.2) is 34.4 Å². The average molecular weight is 294 g/mol. The van der Waals surface area contributed by atoms with Crippen molar-refractivity contribution in [2.75, 3.05) is 0 Å². The smallest absolute Gasteiger partial charge is 0.155 e. The van der Waals surface area contributed by atoms with Gasteiger partial charge < -0.3 is 0 Å². The van der Waals surface area contributed by atoms with E-state index in [0.717, 1.165) is 24.7 Å². The van der Waals surface area contributed by atoms with Crippen LogP contribution in [0.25, 0.3) is 0 Å². The summed E-state index contributed by atoms with van der Waals surface area (Å²) in [5.74, 6) is 2.60. The summed E-state index contributed by atoms with van der Waals surface area (Å²) in [5, 5.41) is 0. The highest BCUT2D eigenvalue weighted by Crippen LogP contribution is 2.70. The van der Waals surface area contributed by atoms with E-state index in [0.29, 0.717) is 17.1 Å². The van der Waals surface area contributed by atoms with Crippen LogP contribution in [-0.2, 0) is 4.79 Å². The van der Waals surface area contributed by atoms with Gasteiger partial charge in [-0.3, -0.25) is 4.79 Å². The van der Waals surface area contributed by atoms with Gasteiger partial charge in [0.2, 0.25) is 0 Å². The van der Waals surface area contributed by atoms with Gasteiger partial charge in [0, 0.05) is 11.8 Å². The predicted molar refractivity (Wildman–Crippen MR) is 88.3 cm³/mol. The first-order valence-electron chi connectivity index (χ1n) is 9.14. The molecule has 0 aliphatic heterocycles. The maximum atomic E-state index is 12.0. The minimum Gasteiger partial charge on any atom is -0.295 e. The molecule has 1 heteroatoms. The van der Waals surface area contributed by atoms with Crippen LogP contribution in [0.5, 0.6) is 0 Å². The molecule has 0 aromatic carbocycles. The molecule has 0 heterocycles. The second-order valence-corrected chi connectivity index (χ2v) is 8.91. The Morgan fingerprint density at radius 2 is 1.95 bits per heavy atom. The molecule has 0 aromatic rings. The number of rotatable bonds is 0. The van der Waals surface area contributed by atoms with Crippen molar-refractivity contribution in [2.24, 2.45) is 28.6 Å². The van der Waals surface area contributed by atoms with Gasteiger partial charge in [0.05, 0.1) is 0 Å². The zero-order valence-electron chi connectivity index (χ0n) is 14.0. The summed E-state index contributed by atoms with van der Waals surface area (Å²) in [6.07, 6.45) is 11.6. The first-order valence-corrected chi connectivity index (χ1v) is 9.14. The third kappa shape index (κ3) is 1.39. The first kappa shape index (κ1) is 13.3. The second-order valence-electron chi connectivity index (χ2n) is 8.91. The van der Waals surface area contributed by atoms with Gasteiger partial charge in [-0.05, 0) is 72.5 Å². The van der Waals surface area contributed by atoms with Gasteiger partial charge in [-0.2, -0.15) is 0 Å². The van der Waals surface area contributed by atoms with Crippen molar-refractivity contribution >= 4 is 5.78 Å². The molecular formula is C21H26O.